The molecule has 7 heteroatoms. The van der Waals surface area contributed by atoms with Crippen LogP contribution in [0.4, 0.5) is 5.69 Å². The highest BCUT2D eigenvalue weighted by Gasteiger charge is 2.67. The molecule has 6 nitrogen and oxygen atoms in total. The van der Waals surface area contributed by atoms with Crippen LogP contribution < -0.4 is 4.90 Å². The monoisotopic (exact) mass is 353 g/mol. The van der Waals surface area contributed by atoms with Gasteiger partial charge in [0.2, 0.25) is 5.72 Å². The van der Waals surface area contributed by atoms with Gasteiger partial charge in [0.15, 0.2) is 0 Å². The highest BCUT2D eigenvalue weighted by atomic mass is 35.5. The van der Waals surface area contributed by atoms with Crippen LogP contribution in [0.15, 0.2) is 53.5 Å². The van der Waals surface area contributed by atoms with Crippen molar-refractivity contribution < 1.29 is 14.3 Å². The van der Waals surface area contributed by atoms with Gasteiger partial charge in [-0.05, 0) is 18.2 Å². The summed E-state index contributed by atoms with van der Waals surface area (Å²) < 4.78 is 6.35. The summed E-state index contributed by atoms with van der Waals surface area (Å²) in [7, 11) is 1.54. The maximum absolute atomic E-state index is 12.6. The van der Waals surface area contributed by atoms with Crippen molar-refractivity contribution in [3.8, 4) is 0 Å². The van der Waals surface area contributed by atoms with Gasteiger partial charge in [-0.1, -0.05) is 41.9 Å². The topological polar surface area (TPSA) is 62.2 Å². The van der Waals surface area contributed by atoms with Crippen molar-refractivity contribution in [3.63, 3.8) is 0 Å². The molecule has 3 heterocycles. The zero-order valence-electron chi connectivity index (χ0n) is 13.1. The van der Waals surface area contributed by atoms with Crippen LogP contribution in [0.3, 0.4) is 0 Å². The Morgan fingerprint density at radius 3 is 2.60 bits per heavy atom. The number of anilines is 1. The second-order valence-corrected chi connectivity index (χ2v) is 6.63. The Kier molecular flexibility index (Phi) is 2.62. The third kappa shape index (κ3) is 1.56. The molecule has 2 aromatic carbocycles. The molecule has 3 aliphatic rings. The van der Waals surface area contributed by atoms with E-state index in [4.69, 9.17) is 16.3 Å². The van der Waals surface area contributed by atoms with E-state index in [1.54, 1.807) is 18.2 Å². The molecule has 1 spiro atoms. The van der Waals surface area contributed by atoms with E-state index >= 15 is 0 Å². The molecular formula is C18H12ClN3O3. The number of hydrogen-bond donors (Lipinski definition) is 0. The van der Waals surface area contributed by atoms with Crippen LogP contribution in [0.2, 0.25) is 5.02 Å². The zero-order chi connectivity index (χ0) is 17.4. The van der Waals surface area contributed by atoms with E-state index in [-0.39, 0.29) is 0 Å². The van der Waals surface area contributed by atoms with E-state index in [1.807, 2.05) is 30.3 Å². The number of fused-ring (bicyclic) bond motifs is 4. The number of likely N-dealkylation sites (N-methyl/N-ethyl adjacent to an activating group) is 1. The molecule has 2 amide bonds. The molecule has 1 fully saturated rings. The van der Waals surface area contributed by atoms with Gasteiger partial charge in [0.25, 0.3) is 5.85 Å². The largest absolute Gasteiger partial charge is 0.320 e. The quantitative estimate of drug-likeness (QED) is 0.738. The first kappa shape index (κ1) is 14.6. The summed E-state index contributed by atoms with van der Waals surface area (Å²) in [4.78, 5) is 32.2. The van der Waals surface area contributed by atoms with Crippen molar-refractivity contribution >= 4 is 35.3 Å². The van der Waals surface area contributed by atoms with Crippen molar-refractivity contribution in [1.29, 1.82) is 0 Å². The number of carbonyl (C=O) groups excluding carboxylic acids is 2. The number of benzene rings is 2. The second kappa shape index (κ2) is 4.47. The van der Waals surface area contributed by atoms with Gasteiger partial charge in [0.1, 0.15) is 0 Å². The van der Waals surface area contributed by atoms with Crippen molar-refractivity contribution in [2.75, 3.05) is 11.9 Å². The molecule has 0 aliphatic carbocycles. The molecule has 5 rings (SSSR count). The Labute approximate surface area is 148 Å². The molecule has 124 valence electrons. The molecule has 2 bridgehead atoms. The molecule has 0 radical (unpaired) electrons. The molecule has 2 atom stereocenters. The van der Waals surface area contributed by atoms with Crippen LogP contribution in [-0.2, 0) is 20.1 Å². The van der Waals surface area contributed by atoms with Gasteiger partial charge in [-0.15, -0.1) is 0 Å². The average Bonchev–Trinajstić information content (AvgIpc) is 3.08. The molecule has 2 aromatic rings. The lowest BCUT2D eigenvalue weighted by molar-refractivity contribution is -0.157. The Balaban J connectivity index is 1.86. The van der Waals surface area contributed by atoms with E-state index in [0.717, 1.165) is 5.56 Å². The highest BCUT2D eigenvalue weighted by molar-refractivity contribution is 6.44. The summed E-state index contributed by atoms with van der Waals surface area (Å²) in [5.41, 5.74) is 0.843. The van der Waals surface area contributed by atoms with Crippen molar-refractivity contribution in [1.82, 2.24) is 4.90 Å². The summed E-state index contributed by atoms with van der Waals surface area (Å²) in [5, 5.41) is 0.499. The summed E-state index contributed by atoms with van der Waals surface area (Å²) >= 11 is 6.21. The van der Waals surface area contributed by atoms with Gasteiger partial charge in [-0.3, -0.25) is 24.1 Å². The fraction of sp³-hybridized carbons (Fsp3) is 0.167. The molecule has 0 N–H and O–H groups in total. The van der Waals surface area contributed by atoms with Crippen LogP contribution in [0.1, 0.15) is 11.1 Å². The van der Waals surface area contributed by atoms with Crippen LogP contribution in [0, 0.1) is 0 Å². The molecule has 25 heavy (non-hydrogen) atoms. The molecule has 1 saturated heterocycles. The van der Waals surface area contributed by atoms with Crippen molar-refractivity contribution in [2.24, 2.45) is 4.99 Å². The van der Waals surface area contributed by atoms with E-state index in [2.05, 4.69) is 4.99 Å². The van der Waals surface area contributed by atoms with E-state index in [1.165, 1.54) is 23.1 Å². The average molecular weight is 354 g/mol. The minimum Gasteiger partial charge on any atom is -0.295 e. The maximum Gasteiger partial charge on any atom is 0.320 e. The first-order valence-electron chi connectivity index (χ1n) is 7.74. The summed E-state index contributed by atoms with van der Waals surface area (Å²) in [6, 6.07) is 14.6. The predicted octanol–water partition coefficient (Wildman–Crippen LogP) is 2.11. The van der Waals surface area contributed by atoms with Gasteiger partial charge in [-0.2, -0.15) is 0 Å². The number of amides is 2. The summed E-state index contributed by atoms with van der Waals surface area (Å²) in [6.45, 7) is 0. The van der Waals surface area contributed by atoms with Gasteiger partial charge < -0.3 is 0 Å². The molecular weight excluding hydrogens is 342 g/mol. The molecule has 0 saturated carbocycles. The summed E-state index contributed by atoms with van der Waals surface area (Å²) in [6.07, 6.45) is 1.52. The summed E-state index contributed by atoms with van der Waals surface area (Å²) in [5.74, 6) is -2.65. The van der Waals surface area contributed by atoms with E-state index in [9.17, 15) is 9.59 Å². The standard InChI is InChI=1S/C18H12ClN3O3/c1-21-15(23)16(24)22-14-8-7-12(19)9-13(14)18(11-5-3-2-4-6-11)20-10-17(21,22)25-18/h2-10H,1H3/t17-,18-/m0/s1. The highest BCUT2D eigenvalue weighted by Crippen LogP contribution is 2.55. The Morgan fingerprint density at radius 1 is 1.08 bits per heavy atom. The number of hydrogen-bond acceptors (Lipinski definition) is 4. The van der Waals surface area contributed by atoms with Crippen molar-refractivity contribution in [2.45, 2.75) is 11.6 Å². The number of nitrogens with zero attached hydrogens (tertiary/aromatic N) is 3. The van der Waals surface area contributed by atoms with Crippen LogP contribution in [0.25, 0.3) is 0 Å². The van der Waals surface area contributed by atoms with Crippen LogP contribution in [-0.4, -0.2) is 35.8 Å². The first-order chi connectivity index (χ1) is 12.0. The predicted molar refractivity (Wildman–Crippen MR) is 91.2 cm³/mol. The zero-order valence-corrected chi connectivity index (χ0v) is 13.9. The number of aliphatic imine (C=N–C) groups is 1. The lowest BCUT2D eigenvalue weighted by Gasteiger charge is -2.44. The van der Waals surface area contributed by atoms with Gasteiger partial charge >= 0.3 is 11.8 Å². The van der Waals surface area contributed by atoms with Crippen LogP contribution in [0.5, 0.6) is 0 Å². The van der Waals surface area contributed by atoms with Gasteiger partial charge in [0, 0.05) is 23.2 Å². The Morgan fingerprint density at radius 2 is 1.84 bits per heavy atom. The smallest absolute Gasteiger partial charge is 0.295 e. The Bertz CT molecular complexity index is 977. The minimum absolute atomic E-state index is 0.499. The molecule has 0 unspecified atom stereocenters. The van der Waals surface area contributed by atoms with E-state index < -0.39 is 23.4 Å². The number of rotatable bonds is 1. The normalized spacial score (nSPS) is 29.2. The van der Waals surface area contributed by atoms with Gasteiger partial charge in [-0.25, -0.2) is 4.99 Å². The minimum atomic E-state index is -1.36. The fourth-order valence-electron chi connectivity index (χ4n) is 3.72. The lowest BCUT2D eigenvalue weighted by atomic mass is 9.92. The molecule has 3 aliphatic heterocycles. The Hall–Kier alpha value is -2.70. The SMILES string of the molecule is CN1C(=O)C(=O)N2c3ccc(Cl)cc3[C@@]3(c4ccccc4)N=C[C@]12O3. The van der Waals surface area contributed by atoms with E-state index in [0.29, 0.717) is 16.3 Å². The second-order valence-electron chi connectivity index (χ2n) is 6.20. The lowest BCUT2D eigenvalue weighted by Crippen LogP contribution is -2.59. The number of ether oxygens (including phenoxy) is 1. The third-order valence-electron chi connectivity index (χ3n) is 4.93. The first-order valence-corrected chi connectivity index (χ1v) is 8.12. The fourth-order valence-corrected chi connectivity index (χ4v) is 3.89. The maximum atomic E-state index is 12.6. The number of halogens is 1. The number of carbonyl (C=O) groups is 2. The van der Waals surface area contributed by atoms with Crippen LogP contribution >= 0.6 is 11.6 Å². The third-order valence-corrected chi connectivity index (χ3v) is 5.17. The van der Waals surface area contributed by atoms with Crippen molar-refractivity contribution in [3.05, 3.63) is 64.7 Å². The van der Waals surface area contributed by atoms with Gasteiger partial charge in [0.05, 0.1) is 11.9 Å². The molecule has 0 aromatic heterocycles.